The molecular weight excluding hydrogens is 304 g/mol. The lowest BCUT2D eigenvalue weighted by Crippen LogP contribution is -2.45. The summed E-state index contributed by atoms with van der Waals surface area (Å²) in [5.74, 6) is 0.324. The molecule has 3 heterocycles. The van der Waals surface area contributed by atoms with Crippen molar-refractivity contribution in [3.8, 4) is 0 Å². The van der Waals surface area contributed by atoms with Gasteiger partial charge in [-0.1, -0.05) is 12.1 Å². The smallest absolute Gasteiger partial charge is 0.287 e. The molecule has 0 radical (unpaired) electrons. The molecular formula is C19H24N2O3. The highest BCUT2D eigenvalue weighted by Crippen LogP contribution is 2.27. The maximum Gasteiger partial charge on any atom is 0.287 e. The second-order valence-corrected chi connectivity index (χ2v) is 7.21. The van der Waals surface area contributed by atoms with Crippen LogP contribution in [-0.4, -0.2) is 48.7 Å². The van der Waals surface area contributed by atoms with E-state index in [0.29, 0.717) is 11.8 Å². The lowest BCUT2D eigenvalue weighted by molar-refractivity contribution is -0.0390. The van der Waals surface area contributed by atoms with Gasteiger partial charge in [0.25, 0.3) is 5.91 Å². The first-order chi connectivity index (χ1) is 11.5. The van der Waals surface area contributed by atoms with Gasteiger partial charge in [0.05, 0.1) is 12.7 Å². The van der Waals surface area contributed by atoms with E-state index in [9.17, 15) is 4.79 Å². The van der Waals surface area contributed by atoms with Gasteiger partial charge in [-0.3, -0.25) is 9.69 Å². The molecule has 0 saturated carbocycles. The van der Waals surface area contributed by atoms with Crippen molar-refractivity contribution in [2.75, 3.05) is 19.7 Å². The summed E-state index contributed by atoms with van der Waals surface area (Å²) in [7, 11) is 0. The van der Waals surface area contributed by atoms with Gasteiger partial charge < -0.3 is 14.5 Å². The van der Waals surface area contributed by atoms with Crippen molar-refractivity contribution in [1.29, 1.82) is 0 Å². The third kappa shape index (κ3) is 2.72. The molecule has 2 aliphatic rings. The van der Waals surface area contributed by atoms with Gasteiger partial charge in [0, 0.05) is 36.1 Å². The predicted molar refractivity (Wildman–Crippen MR) is 92.3 cm³/mol. The fraction of sp³-hybridized carbons (Fsp3) is 0.526. The van der Waals surface area contributed by atoms with Crippen LogP contribution in [0.3, 0.4) is 0 Å². The summed E-state index contributed by atoms with van der Waals surface area (Å²) >= 11 is 0. The van der Waals surface area contributed by atoms with E-state index in [1.807, 2.05) is 32.0 Å². The summed E-state index contributed by atoms with van der Waals surface area (Å²) in [5.41, 5.74) is 2.82. The molecule has 0 spiro atoms. The van der Waals surface area contributed by atoms with Crippen molar-refractivity contribution < 1.29 is 13.9 Å². The highest BCUT2D eigenvalue weighted by Gasteiger charge is 2.37. The van der Waals surface area contributed by atoms with Gasteiger partial charge in [0.2, 0.25) is 0 Å². The SMILES string of the molecule is Cc1ccc2c(C)c(C(=O)N[C@H]3C[C@H]4CO[C@@H](C)CN4C3)oc2c1. The quantitative estimate of drug-likeness (QED) is 0.921. The van der Waals surface area contributed by atoms with E-state index >= 15 is 0 Å². The minimum Gasteiger partial charge on any atom is -0.451 e. The minimum atomic E-state index is -0.111. The number of amides is 1. The van der Waals surface area contributed by atoms with E-state index in [-0.39, 0.29) is 18.1 Å². The molecule has 2 fully saturated rings. The predicted octanol–water partition coefficient (Wildman–Crippen LogP) is 2.64. The van der Waals surface area contributed by atoms with Crippen molar-refractivity contribution in [1.82, 2.24) is 10.2 Å². The fourth-order valence-corrected chi connectivity index (χ4v) is 3.94. The van der Waals surface area contributed by atoms with Crippen molar-refractivity contribution in [3.63, 3.8) is 0 Å². The molecule has 5 nitrogen and oxygen atoms in total. The number of fused-ring (bicyclic) bond motifs is 2. The number of nitrogens with zero attached hydrogens (tertiary/aromatic N) is 1. The number of ether oxygens (including phenoxy) is 1. The lowest BCUT2D eigenvalue weighted by Gasteiger charge is -2.33. The van der Waals surface area contributed by atoms with Gasteiger partial charge in [-0.15, -0.1) is 0 Å². The lowest BCUT2D eigenvalue weighted by atomic mass is 10.1. The molecule has 2 aromatic rings. The number of hydrogen-bond acceptors (Lipinski definition) is 4. The van der Waals surface area contributed by atoms with Crippen molar-refractivity contribution in [2.45, 2.75) is 45.4 Å². The number of nitrogens with one attached hydrogen (secondary N) is 1. The van der Waals surface area contributed by atoms with E-state index in [1.54, 1.807) is 0 Å². The van der Waals surface area contributed by atoms with Crippen LogP contribution >= 0.6 is 0 Å². The Balaban J connectivity index is 1.50. The summed E-state index contributed by atoms with van der Waals surface area (Å²) in [4.78, 5) is 15.1. The molecule has 2 aliphatic heterocycles. The Morgan fingerprint density at radius 2 is 2.12 bits per heavy atom. The molecule has 0 unspecified atom stereocenters. The zero-order valence-corrected chi connectivity index (χ0v) is 14.5. The monoisotopic (exact) mass is 328 g/mol. The third-order valence-electron chi connectivity index (χ3n) is 5.23. The maximum atomic E-state index is 12.7. The van der Waals surface area contributed by atoms with Gasteiger partial charge in [-0.2, -0.15) is 0 Å². The topological polar surface area (TPSA) is 54.7 Å². The summed E-state index contributed by atoms with van der Waals surface area (Å²) < 4.78 is 11.6. The van der Waals surface area contributed by atoms with E-state index in [1.165, 1.54) is 0 Å². The molecule has 5 heteroatoms. The molecule has 24 heavy (non-hydrogen) atoms. The molecule has 128 valence electrons. The van der Waals surface area contributed by atoms with Crippen LogP contribution in [0.15, 0.2) is 22.6 Å². The Hall–Kier alpha value is -1.85. The summed E-state index contributed by atoms with van der Waals surface area (Å²) in [6, 6.07) is 6.63. The third-order valence-corrected chi connectivity index (χ3v) is 5.23. The van der Waals surface area contributed by atoms with Crippen LogP contribution in [0.1, 0.15) is 35.0 Å². The fourth-order valence-electron chi connectivity index (χ4n) is 3.94. The maximum absolute atomic E-state index is 12.7. The Morgan fingerprint density at radius 3 is 2.96 bits per heavy atom. The molecule has 1 N–H and O–H groups in total. The van der Waals surface area contributed by atoms with Crippen LogP contribution in [0, 0.1) is 13.8 Å². The second-order valence-electron chi connectivity index (χ2n) is 7.21. The zero-order chi connectivity index (χ0) is 16.8. The van der Waals surface area contributed by atoms with Crippen LogP contribution in [-0.2, 0) is 4.74 Å². The number of benzene rings is 1. The highest BCUT2D eigenvalue weighted by molar-refractivity contribution is 5.99. The number of rotatable bonds is 2. The molecule has 4 rings (SSSR count). The molecule has 2 saturated heterocycles. The van der Waals surface area contributed by atoms with Gasteiger partial charge in [0.15, 0.2) is 5.76 Å². The van der Waals surface area contributed by atoms with Gasteiger partial charge in [-0.25, -0.2) is 0 Å². The largest absolute Gasteiger partial charge is 0.451 e. The normalized spacial score (nSPS) is 27.4. The Labute approximate surface area is 141 Å². The summed E-state index contributed by atoms with van der Waals surface area (Å²) in [6.45, 7) is 8.67. The first-order valence-corrected chi connectivity index (χ1v) is 8.67. The highest BCUT2D eigenvalue weighted by atomic mass is 16.5. The number of carbonyl (C=O) groups is 1. The van der Waals surface area contributed by atoms with Crippen molar-refractivity contribution in [3.05, 3.63) is 35.1 Å². The molecule has 1 amide bonds. The van der Waals surface area contributed by atoms with Crippen LogP contribution in [0.5, 0.6) is 0 Å². The molecule has 1 aromatic carbocycles. The van der Waals surface area contributed by atoms with Gasteiger partial charge in [0.1, 0.15) is 5.58 Å². The number of carbonyl (C=O) groups excluding carboxylic acids is 1. The first kappa shape index (κ1) is 15.7. The number of morpholine rings is 1. The van der Waals surface area contributed by atoms with E-state index in [2.05, 4.69) is 17.1 Å². The van der Waals surface area contributed by atoms with Crippen molar-refractivity contribution >= 4 is 16.9 Å². The summed E-state index contributed by atoms with van der Waals surface area (Å²) in [5, 5.41) is 4.16. The zero-order valence-electron chi connectivity index (χ0n) is 14.5. The molecule has 0 bridgehead atoms. The molecule has 1 aromatic heterocycles. The minimum absolute atomic E-state index is 0.111. The Morgan fingerprint density at radius 1 is 1.29 bits per heavy atom. The first-order valence-electron chi connectivity index (χ1n) is 8.67. The Kier molecular flexibility index (Phi) is 3.85. The summed E-state index contributed by atoms with van der Waals surface area (Å²) in [6.07, 6.45) is 1.22. The van der Waals surface area contributed by atoms with Crippen LogP contribution in [0.25, 0.3) is 11.0 Å². The van der Waals surface area contributed by atoms with Crippen LogP contribution < -0.4 is 5.32 Å². The van der Waals surface area contributed by atoms with Crippen LogP contribution in [0.2, 0.25) is 0 Å². The van der Waals surface area contributed by atoms with E-state index in [4.69, 9.17) is 9.15 Å². The number of hydrogen-bond donors (Lipinski definition) is 1. The second kappa shape index (κ2) is 5.90. The average Bonchev–Trinajstić information content (AvgIpc) is 3.07. The average molecular weight is 328 g/mol. The number of furan rings is 1. The molecule has 3 atom stereocenters. The van der Waals surface area contributed by atoms with E-state index in [0.717, 1.165) is 48.2 Å². The van der Waals surface area contributed by atoms with Crippen LogP contribution in [0.4, 0.5) is 0 Å². The van der Waals surface area contributed by atoms with E-state index < -0.39 is 0 Å². The van der Waals surface area contributed by atoms with Gasteiger partial charge in [-0.05, 0) is 38.8 Å². The van der Waals surface area contributed by atoms with Crippen molar-refractivity contribution in [2.24, 2.45) is 0 Å². The Bertz CT molecular complexity index is 782. The number of aryl methyl sites for hydroxylation is 2. The van der Waals surface area contributed by atoms with Gasteiger partial charge >= 0.3 is 0 Å². The molecule has 0 aliphatic carbocycles. The standard InChI is InChI=1S/C19H24N2O3/c1-11-4-5-16-13(3)18(24-17(16)6-11)19(22)20-14-7-15-10-23-12(2)8-21(15)9-14/h4-6,12,14-15H,7-10H2,1-3H3,(H,20,22)/t12-,14-,15-/m0/s1.